The molecular weight excluding hydrogens is 438 g/mol. The molecule has 35 heavy (non-hydrogen) atoms. The maximum absolute atomic E-state index is 13.4. The SMILES string of the molecule is CC(C)(C(=O)N1CCN(C(=O)Cn2c3ccccc3c(=O)c3ccccc32)CC1)c1ccccc1. The number of carbonyl (C=O) groups is 2. The number of aromatic nitrogens is 1. The Balaban J connectivity index is 1.34. The van der Waals surface area contributed by atoms with Crippen molar-refractivity contribution in [3.05, 3.63) is 94.6 Å². The molecule has 0 aliphatic carbocycles. The standard InChI is InChI=1S/C29H29N3O3/c1-29(2,21-10-4-3-5-11-21)28(35)31-18-16-30(17-19-31)26(33)20-32-24-14-8-6-12-22(24)27(34)23-13-7-9-15-25(23)32/h3-15H,16-20H2,1-2H3. The monoisotopic (exact) mass is 467 g/mol. The summed E-state index contributed by atoms with van der Waals surface area (Å²) in [6.45, 7) is 6.05. The second kappa shape index (κ2) is 9.02. The fourth-order valence-corrected chi connectivity index (χ4v) is 5.02. The first-order valence-electron chi connectivity index (χ1n) is 12.0. The molecule has 3 aromatic carbocycles. The number of rotatable bonds is 4. The lowest BCUT2D eigenvalue weighted by Gasteiger charge is -2.39. The van der Waals surface area contributed by atoms with Crippen LogP contribution in [0.1, 0.15) is 19.4 Å². The van der Waals surface area contributed by atoms with E-state index in [9.17, 15) is 14.4 Å². The first-order chi connectivity index (χ1) is 16.9. The van der Waals surface area contributed by atoms with E-state index in [2.05, 4.69) is 0 Å². The lowest BCUT2D eigenvalue weighted by molar-refractivity contribution is -0.142. The molecule has 4 aromatic rings. The molecule has 1 saturated heterocycles. The van der Waals surface area contributed by atoms with Crippen LogP contribution in [0.2, 0.25) is 0 Å². The number of pyridine rings is 1. The van der Waals surface area contributed by atoms with E-state index in [1.54, 1.807) is 0 Å². The molecule has 2 heterocycles. The van der Waals surface area contributed by atoms with E-state index in [1.807, 2.05) is 107 Å². The minimum absolute atomic E-state index is 0.0154. The molecule has 0 saturated carbocycles. The zero-order chi connectivity index (χ0) is 24.6. The van der Waals surface area contributed by atoms with Crippen LogP contribution < -0.4 is 5.43 Å². The van der Waals surface area contributed by atoms with Crippen molar-refractivity contribution in [3.63, 3.8) is 0 Å². The lowest BCUT2D eigenvalue weighted by Crippen LogP contribution is -2.54. The molecule has 1 aromatic heterocycles. The van der Waals surface area contributed by atoms with Crippen molar-refractivity contribution >= 4 is 33.6 Å². The second-order valence-corrected chi connectivity index (χ2v) is 9.61. The predicted octanol–water partition coefficient (Wildman–Crippen LogP) is 3.80. The number of para-hydroxylation sites is 2. The van der Waals surface area contributed by atoms with Crippen LogP contribution >= 0.6 is 0 Å². The zero-order valence-electron chi connectivity index (χ0n) is 20.1. The summed E-state index contributed by atoms with van der Waals surface area (Å²) < 4.78 is 1.93. The summed E-state index contributed by atoms with van der Waals surface area (Å²) in [7, 11) is 0. The lowest BCUT2D eigenvalue weighted by atomic mass is 9.83. The summed E-state index contributed by atoms with van der Waals surface area (Å²) in [4.78, 5) is 43.3. The topological polar surface area (TPSA) is 62.6 Å². The predicted molar refractivity (Wildman–Crippen MR) is 138 cm³/mol. The van der Waals surface area contributed by atoms with Gasteiger partial charge in [-0.2, -0.15) is 0 Å². The van der Waals surface area contributed by atoms with Gasteiger partial charge in [-0.25, -0.2) is 0 Å². The fourth-order valence-electron chi connectivity index (χ4n) is 5.02. The number of fused-ring (bicyclic) bond motifs is 2. The molecule has 6 heteroatoms. The Morgan fingerprint density at radius 3 is 1.77 bits per heavy atom. The van der Waals surface area contributed by atoms with Gasteiger partial charge in [0.05, 0.1) is 16.4 Å². The number of benzene rings is 3. The van der Waals surface area contributed by atoms with Crippen LogP contribution in [0.4, 0.5) is 0 Å². The molecule has 2 amide bonds. The Morgan fingerprint density at radius 2 is 1.20 bits per heavy atom. The Morgan fingerprint density at radius 1 is 0.714 bits per heavy atom. The van der Waals surface area contributed by atoms with Crippen molar-refractivity contribution in [2.45, 2.75) is 25.8 Å². The molecule has 0 bridgehead atoms. The molecule has 6 nitrogen and oxygen atoms in total. The highest BCUT2D eigenvalue weighted by atomic mass is 16.2. The molecule has 1 aliphatic heterocycles. The molecule has 0 spiro atoms. The smallest absolute Gasteiger partial charge is 0.242 e. The second-order valence-electron chi connectivity index (χ2n) is 9.61. The Bertz CT molecular complexity index is 1410. The van der Waals surface area contributed by atoms with Gasteiger partial charge in [0, 0.05) is 37.0 Å². The third kappa shape index (κ3) is 4.09. The minimum atomic E-state index is -0.624. The van der Waals surface area contributed by atoms with E-state index in [4.69, 9.17) is 0 Å². The molecule has 0 unspecified atom stereocenters. The molecule has 0 N–H and O–H groups in total. The van der Waals surface area contributed by atoms with Gasteiger partial charge in [-0.15, -0.1) is 0 Å². The molecule has 5 rings (SSSR count). The fraction of sp³-hybridized carbons (Fsp3) is 0.276. The third-order valence-electron chi connectivity index (χ3n) is 7.12. The average Bonchev–Trinajstić information content (AvgIpc) is 2.91. The van der Waals surface area contributed by atoms with Gasteiger partial charge in [0.1, 0.15) is 6.54 Å². The van der Waals surface area contributed by atoms with Crippen LogP contribution in [0.25, 0.3) is 21.8 Å². The van der Waals surface area contributed by atoms with Crippen LogP contribution in [0, 0.1) is 0 Å². The van der Waals surface area contributed by atoms with Crippen molar-refractivity contribution in [2.24, 2.45) is 0 Å². The van der Waals surface area contributed by atoms with Crippen molar-refractivity contribution < 1.29 is 9.59 Å². The highest BCUT2D eigenvalue weighted by molar-refractivity contribution is 5.95. The summed E-state index contributed by atoms with van der Waals surface area (Å²) in [6, 6.07) is 24.7. The quantitative estimate of drug-likeness (QED) is 0.429. The number of hydrogen-bond donors (Lipinski definition) is 0. The number of carbonyl (C=O) groups excluding carboxylic acids is 2. The van der Waals surface area contributed by atoms with E-state index in [-0.39, 0.29) is 23.8 Å². The van der Waals surface area contributed by atoms with Crippen molar-refractivity contribution in [1.82, 2.24) is 14.4 Å². The van der Waals surface area contributed by atoms with Gasteiger partial charge >= 0.3 is 0 Å². The highest BCUT2D eigenvalue weighted by Gasteiger charge is 2.35. The van der Waals surface area contributed by atoms with E-state index < -0.39 is 5.41 Å². The van der Waals surface area contributed by atoms with Gasteiger partial charge < -0.3 is 14.4 Å². The third-order valence-corrected chi connectivity index (χ3v) is 7.12. The number of amides is 2. The minimum Gasteiger partial charge on any atom is -0.338 e. The molecular formula is C29H29N3O3. The molecule has 178 valence electrons. The van der Waals surface area contributed by atoms with Crippen molar-refractivity contribution in [3.8, 4) is 0 Å². The van der Waals surface area contributed by atoms with Gasteiger partial charge in [-0.3, -0.25) is 14.4 Å². The highest BCUT2D eigenvalue weighted by Crippen LogP contribution is 2.26. The first-order valence-corrected chi connectivity index (χ1v) is 12.0. The Hall–Kier alpha value is -3.93. The summed E-state index contributed by atoms with van der Waals surface area (Å²) in [5.41, 5.74) is 1.85. The summed E-state index contributed by atoms with van der Waals surface area (Å²) >= 11 is 0. The van der Waals surface area contributed by atoms with Crippen LogP contribution in [0.15, 0.2) is 83.7 Å². The van der Waals surface area contributed by atoms with Crippen LogP contribution in [0.5, 0.6) is 0 Å². The van der Waals surface area contributed by atoms with Gasteiger partial charge in [-0.05, 0) is 43.7 Å². The van der Waals surface area contributed by atoms with Crippen molar-refractivity contribution in [1.29, 1.82) is 0 Å². The summed E-state index contributed by atoms with van der Waals surface area (Å²) in [6.07, 6.45) is 0. The number of piperazine rings is 1. The van der Waals surface area contributed by atoms with E-state index in [1.165, 1.54) is 0 Å². The van der Waals surface area contributed by atoms with Gasteiger partial charge in [0.25, 0.3) is 0 Å². The molecule has 0 radical (unpaired) electrons. The maximum Gasteiger partial charge on any atom is 0.242 e. The van der Waals surface area contributed by atoms with Crippen molar-refractivity contribution in [2.75, 3.05) is 26.2 Å². The molecule has 0 atom stereocenters. The molecule has 1 aliphatic rings. The van der Waals surface area contributed by atoms with E-state index >= 15 is 0 Å². The van der Waals surface area contributed by atoms with E-state index in [0.717, 1.165) is 16.6 Å². The average molecular weight is 468 g/mol. The normalized spacial score (nSPS) is 14.5. The van der Waals surface area contributed by atoms with Crippen LogP contribution in [0.3, 0.4) is 0 Å². The van der Waals surface area contributed by atoms with Gasteiger partial charge in [0.2, 0.25) is 11.8 Å². The van der Waals surface area contributed by atoms with E-state index in [0.29, 0.717) is 37.0 Å². The maximum atomic E-state index is 13.4. The Kier molecular flexibility index (Phi) is 5.89. The van der Waals surface area contributed by atoms with Crippen LogP contribution in [-0.2, 0) is 21.5 Å². The number of nitrogens with zero attached hydrogens (tertiary/aromatic N) is 3. The zero-order valence-corrected chi connectivity index (χ0v) is 20.1. The van der Waals surface area contributed by atoms with Gasteiger partial charge in [-0.1, -0.05) is 54.6 Å². The summed E-state index contributed by atoms with van der Waals surface area (Å²) in [5, 5.41) is 1.22. The van der Waals surface area contributed by atoms with Crippen LogP contribution in [-0.4, -0.2) is 52.4 Å². The molecule has 1 fully saturated rings. The summed E-state index contributed by atoms with van der Waals surface area (Å²) in [5.74, 6) is 0.0616. The number of hydrogen-bond acceptors (Lipinski definition) is 3. The van der Waals surface area contributed by atoms with Gasteiger partial charge in [0.15, 0.2) is 5.43 Å². The first kappa shape index (κ1) is 22.8. The largest absolute Gasteiger partial charge is 0.338 e. The Labute approximate surface area is 204 Å².